The van der Waals surface area contributed by atoms with Gasteiger partial charge in [-0.1, -0.05) is 54.2 Å². The second kappa shape index (κ2) is 6.28. The van der Waals surface area contributed by atoms with Crippen LogP contribution < -0.4 is 0 Å². The van der Waals surface area contributed by atoms with Gasteiger partial charge in [0.15, 0.2) is 4.34 Å². The maximum atomic E-state index is 11.5. The third-order valence-corrected chi connectivity index (χ3v) is 5.42. The van der Waals surface area contributed by atoms with E-state index in [1.54, 1.807) is 11.3 Å². The number of carboxylic acids is 1. The zero-order valence-electron chi connectivity index (χ0n) is 11.1. The molecule has 1 atom stereocenters. The van der Waals surface area contributed by atoms with Crippen LogP contribution in [-0.2, 0) is 4.79 Å². The van der Waals surface area contributed by atoms with Crippen LogP contribution in [0.15, 0.2) is 58.9 Å². The van der Waals surface area contributed by atoms with Crippen LogP contribution in [0.2, 0.25) is 0 Å². The maximum Gasteiger partial charge on any atom is 0.311 e. The fourth-order valence-electron chi connectivity index (χ4n) is 2.06. The van der Waals surface area contributed by atoms with Crippen molar-refractivity contribution < 1.29 is 9.90 Å². The number of hydrogen-bond donors (Lipinski definition) is 1. The van der Waals surface area contributed by atoms with Crippen molar-refractivity contribution in [2.75, 3.05) is 5.75 Å². The Morgan fingerprint density at radius 2 is 1.86 bits per heavy atom. The second-order valence-electron chi connectivity index (χ2n) is 4.56. The Morgan fingerprint density at radius 1 is 1.14 bits per heavy atom. The highest BCUT2D eigenvalue weighted by molar-refractivity contribution is 8.01. The first kappa shape index (κ1) is 14.1. The fraction of sp³-hybridized carbons (Fsp3) is 0.125. The Bertz CT molecular complexity index is 722. The molecule has 1 N–H and O–H groups in total. The Morgan fingerprint density at radius 3 is 2.57 bits per heavy atom. The second-order valence-corrected chi connectivity index (χ2v) is 6.86. The molecule has 5 heteroatoms. The van der Waals surface area contributed by atoms with E-state index in [0.29, 0.717) is 5.75 Å². The lowest BCUT2D eigenvalue weighted by molar-refractivity contribution is -0.138. The molecule has 3 aromatic rings. The van der Waals surface area contributed by atoms with Gasteiger partial charge in [0.25, 0.3) is 0 Å². The highest BCUT2D eigenvalue weighted by atomic mass is 32.2. The number of aliphatic carboxylic acids is 1. The molecule has 0 saturated carbocycles. The van der Waals surface area contributed by atoms with Gasteiger partial charge in [-0.3, -0.25) is 4.79 Å². The normalized spacial score (nSPS) is 12.4. The van der Waals surface area contributed by atoms with E-state index in [4.69, 9.17) is 0 Å². The van der Waals surface area contributed by atoms with Crippen LogP contribution in [-0.4, -0.2) is 21.8 Å². The van der Waals surface area contributed by atoms with Gasteiger partial charge < -0.3 is 5.11 Å². The molecule has 0 fully saturated rings. The summed E-state index contributed by atoms with van der Waals surface area (Å²) in [6.07, 6.45) is 0. The van der Waals surface area contributed by atoms with Crippen molar-refractivity contribution in [1.29, 1.82) is 0 Å². The van der Waals surface area contributed by atoms with E-state index >= 15 is 0 Å². The number of thiazole rings is 1. The van der Waals surface area contributed by atoms with Crippen LogP contribution in [0.25, 0.3) is 10.2 Å². The lowest BCUT2D eigenvalue weighted by atomic mass is 10.0. The van der Waals surface area contributed by atoms with Crippen LogP contribution in [0.3, 0.4) is 0 Å². The smallest absolute Gasteiger partial charge is 0.311 e. The lowest BCUT2D eigenvalue weighted by Crippen LogP contribution is -2.13. The molecule has 3 nitrogen and oxygen atoms in total. The predicted molar refractivity (Wildman–Crippen MR) is 87.2 cm³/mol. The van der Waals surface area contributed by atoms with Crippen molar-refractivity contribution in [1.82, 2.24) is 4.98 Å². The molecule has 106 valence electrons. The standard InChI is InChI=1S/C16H13NO2S2/c18-15(19)12(11-6-2-1-3-7-11)10-20-16-17-13-8-4-5-9-14(13)21-16/h1-9,12H,10H2,(H,18,19). The summed E-state index contributed by atoms with van der Waals surface area (Å²) in [5, 5.41) is 9.41. The van der Waals surface area contributed by atoms with Gasteiger partial charge in [-0.25, -0.2) is 4.98 Å². The summed E-state index contributed by atoms with van der Waals surface area (Å²) in [5.74, 6) is -0.822. The quantitative estimate of drug-likeness (QED) is 0.715. The SMILES string of the molecule is O=C(O)C(CSc1nc2ccccc2s1)c1ccccc1. The predicted octanol–water partition coefficient (Wildman–Crippen LogP) is 4.26. The van der Waals surface area contributed by atoms with Gasteiger partial charge in [-0.2, -0.15) is 0 Å². The molecular formula is C16H13NO2S2. The molecule has 0 saturated heterocycles. The van der Waals surface area contributed by atoms with E-state index in [-0.39, 0.29) is 0 Å². The highest BCUT2D eigenvalue weighted by Crippen LogP contribution is 2.32. The minimum absolute atomic E-state index is 0.485. The Hall–Kier alpha value is -1.85. The van der Waals surface area contributed by atoms with Crippen molar-refractivity contribution in [3.8, 4) is 0 Å². The number of thioether (sulfide) groups is 1. The largest absolute Gasteiger partial charge is 0.481 e. The minimum Gasteiger partial charge on any atom is -0.481 e. The maximum absolute atomic E-state index is 11.5. The molecule has 0 bridgehead atoms. The molecule has 0 radical (unpaired) electrons. The number of hydrogen-bond acceptors (Lipinski definition) is 4. The Balaban J connectivity index is 1.76. The van der Waals surface area contributed by atoms with E-state index in [2.05, 4.69) is 4.98 Å². The van der Waals surface area contributed by atoms with Crippen molar-refractivity contribution in [2.24, 2.45) is 0 Å². The molecule has 0 amide bonds. The Labute approximate surface area is 130 Å². The summed E-state index contributed by atoms with van der Waals surface area (Å²) in [6, 6.07) is 17.3. The van der Waals surface area contributed by atoms with Crippen molar-refractivity contribution >= 4 is 39.3 Å². The van der Waals surface area contributed by atoms with Crippen molar-refractivity contribution in [3.05, 3.63) is 60.2 Å². The molecule has 0 aliphatic carbocycles. The van der Waals surface area contributed by atoms with Crippen LogP contribution in [0, 0.1) is 0 Å². The van der Waals surface area contributed by atoms with Crippen molar-refractivity contribution in [2.45, 2.75) is 10.3 Å². The summed E-state index contributed by atoms with van der Waals surface area (Å²) < 4.78 is 2.05. The number of carboxylic acid groups (broad SMARTS) is 1. The van der Waals surface area contributed by atoms with Gasteiger partial charge >= 0.3 is 5.97 Å². The van der Waals surface area contributed by atoms with E-state index in [1.807, 2.05) is 54.6 Å². The lowest BCUT2D eigenvalue weighted by Gasteiger charge is -2.11. The van der Waals surface area contributed by atoms with Crippen molar-refractivity contribution in [3.63, 3.8) is 0 Å². The third-order valence-electron chi connectivity index (χ3n) is 3.15. The molecule has 1 heterocycles. The van der Waals surface area contributed by atoms with Crippen LogP contribution >= 0.6 is 23.1 Å². The highest BCUT2D eigenvalue weighted by Gasteiger charge is 2.20. The van der Waals surface area contributed by atoms with E-state index < -0.39 is 11.9 Å². The molecule has 2 aromatic carbocycles. The van der Waals surface area contributed by atoms with E-state index in [9.17, 15) is 9.90 Å². The zero-order valence-corrected chi connectivity index (χ0v) is 12.7. The molecule has 0 aliphatic rings. The summed E-state index contributed by atoms with van der Waals surface area (Å²) in [6.45, 7) is 0. The van der Waals surface area contributed by atoms with E-state index in [0.717, 1.165) is 20.1 Å². The van der Waals surface area contributed by atoms with E-state index in [1.165, 1.54) is 11.8 Å². The zero-order chi connectivity index (χ0) is 14.7. The fourth-order valence-corrected chi connectivity index (χ4v) is 4.28. The first-order valence-electron chi connectivity index (χ1n) is 6.50. The monoisotopic (exact) mass is 315 g/mol. The summed E-state index contributed by atoms with van der Waals surface area (Å²) in [4.78, 5) is 16.0. The molecule has 1 unspecified atom stereocenters. The summed E-state index contributed by atoms with van der Waals surface area (Å²) >= 11 is 3.11. The minimum atomic E-state index is -0.796. The number of benzene rings is 2. The van der Waals surface area contributed by atoms with Gasteiger partial charge in [0.1, 0.15) is 0 Å². The van der Waals surface area contributed by atoms with Gasteiger partial charge in [-0.05, 0) is 17.7 Å². The average molecular weight is 315 g/mol. The van der Waals surface area contributed by atoms with Gasteiger partial charge in [-0.15, -0.1) is 11.3 Å². The molecule has 1 aromatic heterocycles. The number of carbonyl (C=O) groups is 1. The number of para-hydroxylation sites is 1. The van der Waals surface area contributed by atoms with Crippen LogP contribution in [0.4, 0.5) is 0 Å². The molecule has 0 spiro atoms. The number of aromatic nitrogens is 1. The van der Waals surface area contributed by atoms with Crippen LogP contribution in [0.1, 0.15) is 11.5 Å². The molecule has 3 rings (SSSR count). The summed E-state index contributed by atoms with van der Waals surface area (Å²) in [5.41, 5.74) is 1.80. The first-order valence-corrected chi connectivity index (χ1v) is 8.30. The number of rotatable bonds is 5. The molecular weight excluding hydrogens is 302 g/mol. The number of nitrogens with zero attached hydrogens (tertiary/aromatic N) is 1. The topological polar surface area (TPSA) is 50.2 Å². The van der Waals surface area contributed by atoms with Crippen LogP contribution in [0.5, 0.6) is 0 Å². The van der Waals surface area contributed by atoms with Gasteiger partial charge in [0.2, 0.25) is 0 Å². The average Bonchev–Trinajstić information content (AvgIpc) is 2.91. The Kier molecular flexibility index (Phi) is 4.22. The van der Waals surface area contributed by atoms with Gasteiger partial charge in [0.05, 0.1) is 16.1 Å². The first-order chi connectivity index (χ1) is 10.2. The molecule has 0 aliphatic heterocycles. The third kappa shape index (κ3) is 3.25. The van der Waals surface area contributed by atoms with Gasteiger partial charge in [0, 0.05) is 5.75 Å². The number of fused-ring (bicyclic) bond motifs is 1. The molecule has 21 heavy (non-hydrogen) atoms. The summed E-state index contributed by atoms with van der Waals surface area (Å²) in [7, 11) is 0.